The highest BCUT2D eigenvalue weighted by molar-refractivity contribution is 5.94. The number of aromatic nitrogens is 1. The number of hydrogen-bond donors (Lipinski definition) is 2. The molecule has 19 heavy (non-hydrogen) atoms. The quantitative estimate of drug-likeness (QED) is 0.558. The van der Waals surface area contributed by atoms with Crippen molar-refractivity contribution < 1.29 is 4.79 Å². The second kappa shape index (κ2) is 8.48. The van der Waals surface area contributed by atoms with E-state index in [1.165, 1.54) is 0 Å². The van der Waals surface area contributed by atoms with Crippen LogP contribution in [0.15, 0.2) is 18.3 Å². The van der Waals surface area contributed by atoms with E-state index in [4.69, 9.17) is 5.84 Å². The molecule has 0 bridgehead atoms. The highest BCUT2D eigenvalue weighted by Gasteiger charge is 2.15. The molecule has 0 saturated carbocycles. The number of anilines is 1. The Morgan fingerprint density at radius 1 is 1.32 bits per heavy atom. The van der Waals surface area contributed by atoms with Crippen LogP contribution in [0.2, 0.25) is 0 Å². The Hall–Kier alpha value is -1.62. The molecule has 5 heteroatoms. The molecule has 1 aromatic heterocycles. The molecule has 0 aliphatic heterocycles. The molecule has 0 aliphatic rings. The van der Waals surface area contributed by atoms with Crippen molar-refractivity contribution >= 4 is 11.7 Å². The lowest BCUT2D eigenvalue weighted by Crippen LogP contribution is -2.33. The third-order valence-corrected chi connectivity index (χ3v) is 3.01. The van der Waals surface area contributed by atoms with Crippen molar-refractivity contribution in [3.05, 3.63) is 23.9 Å². The molecule has 1 aromatic rings. The maximum atomic E-state index is 12.5. The molecule has 1 amide bonds. The van der Waals surface area contributed by atoms with Crippen LogP contribution in [0.3, 0.4) is 0 Å². The maximum absolute atomic E-state index is 12.5. The van der Waals surface area contributed by atoms with Gasteiger partial charge in [0.25, 0.3) is 5.91 Å². The van der Waals surface area contributed by atoms with Crippen LogP contribution in [0, 0.1) is 0 Å². The molecule has 3 N–H and O–H groups in total. The summed E-state index contributed by atoms with van der Waals surface area (Å²) < 4.78 is 0. The predicted molar refractivity (Wildman–Crippen MR) is 77.8 cm³/mol. The first-order valence-electron chi connectivity index (χ1n) is 6.94. The number of hydrazine groups is 1. The fourth-order valence-electron chi connectivity index (χ4n) is 1.84. The molecule has 1 rings (SSSR count). The summed E-state index contributed by atoms with van der Waals surface area (Å²) in [4.78, 5) is 18.4. The number of carbonyl (C=O) groups excluding carboxylic acids is 1. The monoisotopic (exact) mass is 264 g/mol. The summed E-state index contributed by atoms with van der Waals surface area (Å²) in [7, 11) is 0. The number of nitrogens with zero attached hydrogens (tertiary/aromatic N) is 2. The summed E-state index contributed by atoms with van der Waals surface area (Å²) in [6.07, 6.45) is 5.83. The second-order valence-electron chi connectivity index (χ2n) is 4.57. The van der Waals surface area contributed by atoms with Crippen LogP contribution in [-0.4, -0.2) is 28.9 Å². The molecule has 0 unspecified atom stereocenters. The van der Waals surface area contributed by atoms with Gasteiger partial charge in [-0.15, -0.1) is 0 Å². The number of amides is 1. The minimum atomic E-state index is 0.0563. The summed E-state index contributed by atoms with van der Waals surface area (Å²) in [6.45, 7) is 5.88. The van der Waals surface area contributed by atoms with Gasteiger partial charge >= 0.3 is 0 Å². The average molecular weight is 264 g/mol. The van der Waals surface area contributed by atoms with E-state index in [-0.39, 0.29) is 5.91 Å². The number of pyridine rings is 1. The normalized spacial score (nSPS) is 10.3. The van der Waals surface area contributed by atoms with Gasteiger partial charge in [0.1, 0.15) is 5.82 Å². The molecule has 1 heterocycles. The first kappa shape index (κ1) is 15.4. The zero-order chi connectivity index (χ0) is 14.1. The summed E-state index contributed by atoms with van der Waals surface area (Å²) >= 11 is 0. The van der Waals surface area contributed by atoms with Crippen molar-refractivity contribution in [3.63, 3.8) is 0 Å². The minimum Gasteiger partial charge on any atom is -0.339 e. The van der Waals surface area contributed by atoms with Gasteiger partial charge in [-0.1, -0.05) is 26.7 Å². The zero-order valence-electron chi connectivity index (χ0n) is 11.9. The highest BCUT2D eigenvalue weighted by atomic mass is 16.2. The lowest BCUT2D eigenvalue weighted by molar-refractivity contribution is 0.0751. The van der Waals surface area contributed by atoms with Gasteiger partial charge in [0.05, 0.1) is 0 Å². The summed E-state index contributed by atoms with van der Waals surface area (Å²) in [5.74, 6) is 5.89. The number of nitrogens with one attached hydrogen (secondary N) is 1. The van der Waals surface area contributed by atoms with Gasteiger partial charge in [0.2, 0.25) is 0 Å². The lowest BCUT2D eigenvalue weighted by atomic mass is 10.2. The second-order valence-corrected chi connectivity index (χ2v) is 4.57. The van der Waals surface area contributed by atoms with Crippen LogP contribution in [0.25, 0.3) is 0 Å². The van der Waals surface area contributed by atoms with E-state index in [0.717, 1.165) is 38.8 Å². The summed E-state index contributed by atoms with van der Waals surface area (Å²) in [6, 6.07) is 3.42. The topological polar surface area (TPSA) is 71.2 Å². The van der Waals surface area contributed by atoms with Crippen LogP contribution in [0.1, 0.15) is 49.9 Å². The minimum absolute atomic E-state index is 0.0563. The van der Waals surface area contributed by atoms with Gasteiger partial charge in [-0.25, -0.2) is 10.8 Å². The van der Waals surface area contributed by atoms with E-state index in [1.54, 1.807) is 18.3 Å². The predicted octanol–water partition coefficient (Wildman–Crippen LogP) is 2.41. The van der Waals surface area contributed by atoms with Crippen LogP contribution in [0.4, 0.5) is 5.82 Å². The van der Waals surface area contributed by atoms with Crippen molar-refractivity contribution in [3.8, 4) is 0 Å². The summed E-state index contributed by atoms with van der Waals surface area (Å²) in [5.41, 5.74) is 3.10. The van der Waals surface area contributed by atoms with Crippen molar-refractivity contribution in [2.24, 2.45) is 5.84 Å². The zero-order valence-corrected chi connectivity index (χ0v) is 11.9. The lowest BCUT2D eigenvalue weighted by Gasteiger charge is -2.22. The van der Waals surface area contributed by atoms with Crippen molar-refractivity contribution in [2.75, 3.05) is 18.5 Å². The molecule has 0 atom stereocenters. The molecule has 0 fully saturated rings. The SMILES string of the molecule is CCCCN(CCCC)C(=O)c1ccnc(NN)c1. The van der Waals surface area contributed by atoms with Gasteiger partial charge in [0, 0.05) is 24.8 Å². The number of nitrogens with two attached hydrogens (primary N) is 1. The number of unbranched alkanes of at least 4 members (excludes halogenated alkanes) is 2. The Balaban J connectivity index is 2.77. The Morgan fingerprint density at radius 3 is 2.47 bits per heavy atom. The van der Waals surface area contributed by atoms with Crippen LogP contribution in [0.5, 0.6) is 0 Å². The Bertz CT molecular complexity index is 387. The number of carbonyl (C=O) groups is 1. The average Bonchev–Trinajstić information content (AvgIpc) is 2.47. The molecule has 0 aromatic carbocycles. The molecule has 0 radical (unpaired) electrons. The maximum Gasteiger partial charge on any atom is 0.254 e. The molecule has 5 nitrogen and oxygen atoms in total. The van der Waals surface area contributed by atoms with E-state index >= 15 is 0 Å². The largest absolute Gasteiger partial charge is 0.339 e. The Kier molecular flexibility index (Phi) is 6.89. The van der Waals surface area contributed by atoms with Gasteiger partial charge in [-0.2, -0.15) is 0 Å². The van der Waals surface area contributed by atoms with Gasteiger partial charge in [-0.3, -0.25) is 4.79 Å². The van der Waals surface area contributed by atoms with Crippen LogP contribution < -0.4 is 11.3 Å². The fourth-order valence-corrected chi connectivity index (χ4v) is 1.84. The van der Waals surface area contributed by atoms with Crippen molar-refractivity contribution in [2.45, 2.75) is 39.5 Å². The van der Waals surface area contributed by atoms with E-state index in [0.29, 0.717) is 11.4 Å². The first-order chi connectivity index (χ1) is 9.22. The van der Waals surface area contributed by atoms with Gasteiger partial charge < -0.3 is 10.3 Å². The van der Waals surface area contributed by atoms with Gasteiger partial charge in [-0.05, 0) is 25.0 Å². The third-order valence-electron chi connectivity index (χ3n) is 3.01. The van der Waals surface area contributed by atoms with Crippen LogP contribution in [-0.2, 0) is 0 Å². The van der Waals surface area contributed by atoms with E-state index in [2.05, 4.69) is 24.3 Å². The molecular formula is C14H24N4O. The van der Waals surface area contributed by atoms with E-state index in [9.17, 15) is 4.79 Å². The molecule has 0 spiro atoms. The number of rotatable bonds is 8. The molecule has 106 valence electrons. The first-order valence-corrected chi connectivity index (χ1v) is 6.94. The standard InChI is InChI=1S/C14H24N4O/c1-3-5-9-18(10-6-4-2)14(19)12-7-8-16-13(11-12)17-15/h7-8,11H,3-6,9-10,15H2,1-2H3,(H,16,17). The highest BCUT2D eigenvalue weighted by Crippen LogP contribution is 2.10. The number of hydrogen-bond acceptors (Lipinski definition) is 4. The third kappa shape index (κ3) is 4.87. The Morgan fingerprint density at radius 2 is 1.95 bits per heavy atom. The number of nitrogen functional groups attached to an aromatic ring is 1. The van der Waals surface area contributed by atoms with Crippen LogP contribution >= 0.6 is 0 Å². The Labute approximate surface area is 115 Å². The fraction of sp³-hybridized carbons (Fsp3) is 0.571. The molecular weight excluding hydrogens is 240 g/mol. The summed E-state index contributed by atoms with van der Waals surface area (Å²) in [5, 5.41) is 0. The smallest absolute Gasteiger partial charge is 0.254 e. The van der Waals surface area contributed by atoms with E-state index in [1.807, 2.05) is 4.90 Å². The van der Waals surface area contributed by atoms with Gasteiger partial charge in [0.15, 0.2) is 0 Å². The van der Waals surface area contributed by atoms with Crippen molar-refractivity contribution in [1.82, 2.24) is 9.88 Å². The molecule has 0 aliphatic carbocycles. The molecule has 0 saturated heterocycles. The van der Waals surface area contributed by atoms with E-state index < -0.39 is 0 Å². The van der Waals surface area contributed by atoms with Crippen molar-refractivity contribution in [1.29, 1.82) is 0 Å².